The third-order valence-electron chi connectivity index (χ3n) is 9.12. The molecule has 29 heavy (non-hydrogen) atoms. The Balaban J connectivity index is 0.00000193. The molecule has 4 nitrogen and oxygen atoms in total. The summed E-state index contributed by atoms with van der Waals surface area (Å²) in [4.78, 5) is 17.6. The molecule has 4 atom stereocenters. The van der Waals surface area contributed by atoms with Gasteiger partial charge in [0.15, 0.2) is 0 Å². The van der Waals surface area contributed by atoms with Gasteiger partial charge in [0.05, 0.1) is 6.04 Å². The largest absolute Gasteiger partial charge is 0.331 e. The van der Waals surface area contributed by atoms with E-state index in [1.165, 1.54) is 62.7 Å². The zero-order chi connectivity index (χ0) is 19.4. The van der Waals surface area contributed by atoms with Crippen molar-refractivity contribution in [3.05, 3.63) is 35.4 Å². The number of nitrogens with one attached hydrogen (secondary N) is 1. The molecule has 2 bridgehead atoms. The van der Waals surface area contributed by atoms with Crippen molar-refractivity contribution in [3.63, 3.8) is 0 Å². The van der Waals surface area contributed by atoms with Crippen LogP contribution in [0.4, 0.5) is 4.79 Å². The van der Waals surface area contributed by atoms with Gasteiger partial charge in [-0.1, -0.05) is 30.7 Å². The molecule has 2 heterocycles. The Bertz CT molecular complexity index is 784. The normalized spacial score (nSPS) is 35.4. The molecule has 0 radical (unpaired) electrons. The van der Waals surface area contributed by atoms with E-state index in [9.17, 15) is 4.79 Å². The summed E-state index contributed by atoms with van der Waals surface area (Å²) in [6, 6.07) is 10.2. The summed E-state index contributed by atoms with van der Waals surface area (Å²) in [5.74, 6) is 2.01. The maximum Gasteiger partial charge on any atom is 0.317 e. The molecule has 2 saturated heterocycles. The number of urea groups is 1. The van der Waals surface area contributed by atoms with E-state index >= 15 is 0 Å². The third kappa shape index (κ3) is 3.01. The predicted octanol–water partition coefficient (Wildman–Crippen LogP) is 4.71. The molecule has 0 unspecified atom stereocenters. The Labute approximate surface area is 176 Å². The Kier molecular flexibility index (Phi) is 4.41. The van der Waals surface area contributed by atoms with Crippen molar-refractivity contribution in [2.24, 2.45) is 11.8 Å². The van der Waals surface area contributed by atoms with Crippen molar-refractivity contribution in [1.29, 1.82) is 0 Å². The Hall–Kier alpha value is -1.55. The number of fused-ring (bicyclic) bond motifs is 4. The van der Waals surface area contributed by atoms with Gasteiger partial charge < -0.3 is 15.1 Å². The van der Waals surface area contributed by atoms with Gasteiger partial charge in [-0.15, -0.1) is 0 Å². The number of hydrogen-bond donors (Lipinski definition) is 1. The molecule has 1 aromatic rings. The van der Waals surface area contributed by atoms with Crippen LogP contribution in [0.15, 0.2) is 24.3 Å². The van der Waals surface area contributed by atoms with Gasteiger partial charge in [-0.25, -0.2) is 4.79 Å². The lowest BCUT2D eigenvalue weighted by Gasteiger charge is -2.44. The van der Waals surface area contributed by atoms with Crippen LogP contribution >= 0.6 is 0 Å². The topological polar surface area (TPSA) is 35.6 Å². The van der Waals surface area contributed by atoms with Gasteiger partial charge in [-0.2, -0.15) is 0 Å². The van der Waals surface area contributed by atoms with Gasteiger partial charge in [-0.05, 0) is 87.4 Å². The van der Waals surface area contributed by atoms with E-state index in [0.29, 0.717) is 0 Å². The molecule has 6 rings (SSSR count). The standard InChI is InChI=1S/C25H35N3O.H2/c29-24(28-11-3-4-12-28)26-22-17-25(21-6-2-1-5-20(21)22)9-13-27(14-10-25)23-16-18-7-8-19(23)15-18;/h1-2,5-6,18-19,22-23H,3-4,7-17H2,(H,26,29);1H/t18-,19+,22-,23+;/m0./s1. The Morgan fingerprint density at radius 3 is 2.55 bits per heavy atom. The summed E-state index contributed by atoms with van der Waals surface area (Å²) >= 11 is 0. The first-order valence-electron chi connectivity index (χ1n) is 12.1. The average molecular weight is 396 g/mol. The second-order valence-corrected chi connectivity index (χ2v) is 10.5. The first kappa shape index (κ1) is 18.2. The number of rotatable bonds is 2. The molecule has 2 saturated carbocycles. The van der Waals surface area contributed by atoms with Crippen molar-refractivity contribution >= 4 is 6.03 Å². The molecular weight excluding hydrogens is 358 g/mol. The molecule has 158 valence electrons. The molecule has 1 N–H and O–H groups in total. The predicted molar refractivity (Wildman–Crippen MR) is 117 cm³/mol. The lowest BCUT2D eigenvalue weighted by molar-refractivity contribution is 0.0811. The smallest absolute Gasteiger partial charge is 0.317 e. The third-order valence-corrected chi connectivity index (χ3v) is 9.12. The highest BCUT2D eigenvalue weighted by molar-refractivity contribution is 5.75. The van der Waals surface area contributed by atoms with Crippen LogP contribution in [-0.4, -0.2) is 48.1 Å². The van der Waals surface area contributed by atoms with Gasteiger partial charge in [0.2, 0.25) is 0 Å². The second-order valence-electron chi connectivity index (χ2n) is 10.5. The number of nitrogens with zero attached hydrogens (tertiary/aromatic N) is 2. The van der Waals surface area contributed by atoms with E-state index in [0.717, 1.165) is 50.2 Å². The molecule has 4 fully saturated rings. The highest BCUT2D eigenvalue weighted by Crippen LogP contribution is 2.53. The quantitative estimate of drug-likeness (QED) is 0.787. The van der Waals surface area contributed by atoms with E-state index in [4.69, 9.17) is 0 Å². The zero-order valence-corrected chi connectivity index (χ0v) is 17.6. The Morgan fingerprint density at radius 1 is 1.03 bits per heavy atom. The fraction of sp³-hybridized carbons (Fsp3) is 0.720. The fourth-order valence-electron chi connectivity index (χ4n) is 7.60. The van der Waals surface area contributed by atoms with Gasteiger partial charge in [-0.3, -0.25) is 0 Å². The monoisotopic (exact) mass is 395 g/mol. The van der Waals surface area contributed by atoms with Crippen LogP contribution in [0.1, 0.15) is 76.4 Å². The van der Waals surface area contributed by atoms with Crippen LogP contribution in [0.2, 0.25) is 0 Å². The van der Waals surface area contributed by atoms with Crippen LogP contribution in [0, 0.1) is 11.8 Å². The van der Waals surface area contributed by atoms with Crippen molar-refractivity contribution < 1.29 is 6.22 Å². The van der Waals surface area contributed by atoms with Crippen LogP contribution in [0.3, 0.4) is 0 Å². The number of hydrogen-bond acceptors (Lipinski definition) is 2. The van der Waals surface area contributed by atoms with E-state index in [1.54, 1.807) is 0 Å². The van der Waals surface area contributed by atoms with E-state index in [-0.39, 0.29) is 18.9 Å². The molecule has 4 heteroatoms. The minimum atomic E-state index is 0. The summed E-state index contributed by atoms with van der Waals surface area (Å²) in [6.45, 7) is 4.33. The number of piperidine rings is 1. The van der Waals surface area contributed by atoms with Gasteiger partial charge >= 0.3 is 6.03 Å². The maximum atomic E-state index is 12.8. The van der Waals surface area contributed by atoms with E-state index in [2.05, 4.69) is 34.5 Å². The van der Waals surface area contributed by atoms with E-state index < -0.39 is 0 Å². The first-order chi connectivity index (χ1) is 14.2. The molecule has 0 aromatic heterocycles. The van der Waals surface area contributed by atoms with Crippen LogP contribution < -0.4 is 5.32 Å². The first-order valence-corrected chi connectivity index (χ1v) is 12.1. The summed E-state index contributed by atoms with van der Waals surface area (Å²) in [7, 11) is 0. The number of likely N-dealkylation sites (tertiary alicyclic amines) is 2. The molecule has 2 aliphatic heterocycles. The van der Waals surface area contributed by atoms with Crippen molar-refractivity contribution in [1.82, 2.24) is 15.1 Å². The maximum absolute atomic E-state index is 12.8. The lowest BCUT2D eigenvalue weighted by atomic mass is 9.73. The molecule has 2 amide bonds. The SMILES string of the molecule is O=C(N[C@H]1CC2(CCN([C@@H]3C[C@H]4CC[C@@H]3C4)CC2)c2ccccc21)N1CCCC1.[HH]. The highest BCUT2D eigenvalue weighted by Gasteiger charge is 2.49. The van der Waals surface area contributed by atoms with Crippen molar-refractivity contribution in [2.45, 2.75) is 75.3 Å². The minimum Gasteiger partial charge on any atom is -0.331 e. The number of carbonyl (C=O) groups is 1. The van der Waals surface area contributed by atoms with Crippen LogP contribution in [0.25, 0.3) is 0 Å². The zero-order valence-electron chi connectivity index (χ0n) is 17.6. The molecule has 3 aliphatic carbocycles. The van der Waals surface area contributed by atoms with E-state index in [1.807, 2.05) is 4.90 Å². The second kappa shape index (κ2) is 7.01. The summed E-state index contributed by atoms with van der Waals surface area (Å²) in [5, 5.41) is 3.41. The lowest BCUT2D eigenvalue weighted by Crippen LogP contribution is -2.48. The number of amides is 2. The summed E-state index contributed by atoms with van der Waals surface area (Å²) in [5.41, 5.74) is 3.18. The van der Waals surface area contributed by atoms with Crippen molar-refractivity contribution in [3.8, 4) is 0 Å². The number of benzene rings is 1. The molecule has 1 aromatic carbocycles. The fourth-order valence-corrected chi connectivity index (χ4v) is 7.60. The van der Waals surface area contributed by atoms with Crippen LogP contribution in [0.5, 0.6) is 0 Å². The van der Waals surface area contributed by atoms with Gasteiger partial charge in [0.1, 0.15) is 0 Å². The van der Waals surface area contributed by atoms with Gasteiger partial charge in [0, 0.05) is 26.0 Å². The Morgan fingerprint density at radius 2 is 1.83 bits per heavy atom. The minimum absolute atomic E-state index is 0. The van der Waals surface area contributed by atoms with Gasteiger partial charge in [0.25, 0.3) is 0 Å². The summed E-state index contributed by atoms with van der Waals surface area (Å²) < 4.78 is 0. The molecular formula is C25H37N3O. The highest BCUT2D eigenvalue weighted by atomic mass is 16.2. The van der Waals surface area contributed by atoms with Crippen molar-refractivity contribution in [2.75, 3.05) is 26.2 Å². The molecule has 5 aliphatic rings. The molecule has 1 spiro atoms. The summed E-state index contributed by atoms with van der Waals surface area (Å²) in [6.07, 6.45) is 11.8. The average Bonchev–Trinajstić information content (AvgIpc) is 3.54. The van der Waals surface area contributed by atoms with Crippen LogP contribution in [-0.2, 0) is 5.41 Å². The number of carbonyl (C=O) groups excluding carboxylic acids is 1.